The van der Waals surface area contributed by atoms with E-state index in [1.54, 1.807) is 0 Å². The van der Waals surface area contributed by atoms with E-state index >= 15 is 0 Å². The Balaban J connectivity index is 1.88. The van der Waals surface area contributed by atoms with Crippen LogP contribution in [0.2, 0.25) is 0 Å². The Kier molecular flexibility index (Phi) is 5.74. The van der Waals surface area contributed by atoms with Gasteiger partial charge in [0.1, 0.15) is 0 Å². The molecule has 0 radical (unpaired) electrons. The molecule has 0 N–H and O–H groups in total. The minimum atomic E-state index is -0.607. The first kappa shape index (κ1) is 18.6. The molecule has 2 unspecified atom stereocenters. The summed E-state index contributed by atoms with van der Waals surface area (Å²) in [5.74, 6) is 0.0779. The zero-order valence-corrected chi connectivity index (χ0v) is 15.9. The smallest absolute Gasteiger partial charge is 0.230 e. The van der Waals surface area contributed by atoms with Gasteiger partial charge in [0.25, 0.3) is 0 Å². The average Bonchev–Trinajstić information content (AvgIpc) is 2.70. The molecule has 1 aliphatic heterocycles. The van der Waals surface area contributed by atoms with Crippen LogP contribution < -0.4 is 0 Å². The Bertz CT molecular complexity index is 717. The number of carbonyl (C=O) groups excluding carboxylic acids is 1. The predicted octanol–water partition coefficient (Wildman–Crippen LogP) is 3.45. The number of amides is 1. The third-order valence-corrected chi connectivity index (χ3v) is 5.27. The number of carbonyl (C=O) groups is 1. The van der Waals surface area contributed by atoms with Gasteiger partial charge < -0.3 is 9.64 Å². The highest BCUT2D eigenvalue weighted by Crippen LogP contribution is 2.33. The molecule has 2 atom stereocenters. The molecule has 26 heavy (non-hydrogen) atoms. The van der Waals surface area contributed by atoms with E-state index in [0.29, 0.717) is 19.7 Å². The molecule has 0 aromatic heterocycles. The van der Waals surface area contributed by atoms with E-state index in [1.807, 2.05) is 67.5 Å². The van der Waals surface area contributed by atoms with E-state index in [9.17, 15) is 4.79 Å². The van der Waals surface area contributed by atoms with Crippen LogP contribution in [-0.4, -0.2) is 49.5 Å². The molecule has 1 heterocycles. The molecule has 0 saturated carbocycles. The van der Waals surface area contributed by atoms with Crippen molar-refractivity contribution in [3.05, 3.63) is 71.8 Å². The first-order valence-electron chi connectivity index (χ1n) is 9.29. The quantitative estimate of drug-likeness (QED) is 0.826. The number of morpholine rings is 1. The van der Waals surface area contributed by atoms with Crippen LogP contribution in [0.25, 0.3) is 0 Å². The molecule has 1 fully saturated rings. The second kappa shape index (κ2) is 8.02. The Hall–Kier alpha value is -2.17. The molecule has 2 aromatic carbocycles. The minimum Gasteiger partial charge on any atom is -0.352 e. The largest absolute Gasteiger partial charge is 0.352 e. The zero-order chi connectivity index (χ0) is 18.6. The maximum absolute atomic E-state index is 13.3. The summed E-state index contributed by atoms with van der Waals surface area (Å²) in [6.07, 6.45) is 0.792. The molecule has 1 saturated heterocycles. The van der Waals surface area contributed by atoms with Crippen LogP contribution in [0, 0.1) is 0 Å². The normalized spacial score (nSPS) is 21.6. The van der Waals surface area contributed by atoms with Gasteiger partial charge in [0, 0.05) is 12.1 Å². The number of benzene rings is 2. The van der Waals surface area contributed by atoms with E-state index in [0.717, 1.165) is 17.5 Å². The summed E-state index contributed by atoms with van der Waals surface area (Å²) in [5.41, 5.74) is 1.56. The molecule has 4 heteroatoms. The third kappa shape index (κ3) is 3.53. The van der Waals surface area contributed by atoms with Crippen molar-refractivity contribution in [2.75, 3.05) is 33.8 Å². The molecular weight excluding hydrogens is 324 g/mol. The average molecular weight is 352 g/mol. The summed E-state index contributed by atoms with van der Waals surface area (Å²) < 4.78 is 6.24. The van der Waals surface area contributed by atoms with Gasteiger partial charge in [-0.05, 0) is 26.1 Å². The lowest BCUT2D eigenvalue weighted by Crippen LogP contribution is -2.58. The minimum absolute atomic E-state index is 0.107. The van der Waals surface area contributed by atoms with Crippen molar-refractivity contribution in [3.8, 4) is 0 Å². The van der Waals surface area contributed by atoms with Crippen molar-refractivity contribution in [1.82, 2.24) is 9.80 Å². The second-order valence-electron chi connectivity index (χ2n) is 7.02. The maximum Gasteiger partial charge on any atom is 0.230 e. The lowest BCUT2D eigenvalue weighted by atomic mass is 9.93. The van der Waals surface area contributed by atoms with Crippen molar-refractivity contribution >= 4 is 5.91 Å². The van der Waals surface area contributed by atoms with Gasteiger partial charge in [0.05, 0.1) is 19.1 Å². The van der Waals surface area contributed by atoms with E-state index < -0.39 is 5.72 Å². The van der Waals surface area contributed by atoms with Crippen molar-refractivity contribution in [1.29, 1.82) is 0 Å². The number of nitrogens with zero attached hydrogens (tertiary/aromatic N) is 2. The van der Waals surface area contributed by atoms with Crippen molar-refractivity contribution in [2.45, 2.75) is 25.0 Å². The van der Waals surface area contributed by atoms with E-state index in [1.165, 1.54) is 0 Å². The highest BCUT2D eigenvalue weighted by molar-refractivity contribution is 5.84. The van der Waals surface area contributed by atoms with Gasteiger partial charge in [-0.15, -0.1) is 0 Å². The molecule has 0 spiro atoms. The third-order valence-electron chi connectivity index (χ3n) is 5.27. The number of hydrogen-bond acceptors (Lipinski definition) is 3. The molecule has 4 nitrogen and oxygen atoms in total. The number of rotatable bonds is 5. The Morgan fingerprint density at radius 3 is 2.31 bits per heavy atom. The van der Waals surface area contributed by atoms with Crippen LogP contribution in [0.15, 0.2) is 60.7 Å². The zero-order valence-electron chi connectivity index (χ0n) is 15.9. The molecule has 138 valence electrons. The standard InChI is InChI=1S/C22H28N2O2/c1-4-20(18-11-7-5-8-12-18)21(25)24-15-16-26-22(17-24,23(2)3)19-13-9-6-10-14-19/h5-14,20H,4,15-17H2,1-3H3. The maximum atomic E-state index is 13.3. The first-order valence-corrected chi connectivity index (χ1v) is 9.29. The summed E-state index contributed by atoms with van der Waals surface area (Å²) in [5, 5.41) is 0. The number of hydrogen-bond donors (Lipinski definition) is 0. The van der Waals surface area contributed by atoms with Gasteiger partial charge in [-0.25, -0.2) is 0 Å². The second-order valence-corrected chi connectivity index (χ2v) is 7.02. The summed E-state index contributed by atoms with van der Waals surface area (Å²) in [7, 11) is 4.02. The molecule has 3 rings (SSSR count). The molecule has 1 amide bonds. The van der Waals surface area contributed by atoms with E-state index in [-0.39, 0.29) is 11.8 Å². The summed E-state index contributed by atoms with van der Waals surface area (Å²) in [6.45, 7) is 3.77. The monoisotopic (exact) mass is 352 g/mol. The van der Waals surface area contributed by atoms with Gasteiger partial charge >= 0.3 is 0 Å². The fraction of sp³-hybridized carbons (Fsp3) is 0.409. The van der Waals surface area contributed by atoms with E-state index in [2.05, 4.69) is 24.0 Å². The van der Waals surface area contributed by atoms with Crippen LogP contribution in [-0.2, 0) is 15.3 Å². The van der Waals surface area contributed by atoms with Gasteiger partial charge in [-0.3, -0.25) is 9.69 Å². The fourth-order valence-electron chi connectivity index (χ4n) is 3.76. The van der Waals surface area contributed by atoms with Crippen molar-refractivity contribution in [2.24, 2.45) is 0 Å². The topological polar surface area (TPSA) is 32.8 Å². The van der Waals surface area contributed by atoms with Crippen LogP contribution in [0.5, 0.6) is 0 Å². The van der Waals surface area contributed by atoms with Gasteiger partial charge in [-0.1, -0.05) is 67.6 Å². The van der Waals surface area contributed by atoms with Crippen LogP contribution in [0.3, 0.4) is 0 Å². The predicted molar refractivity (Wildman–Crippen MR) is 104 cm³/mol. The van der Waals surface area contributed by atoms with Crippen LogP contribution in [0.4, 0.5) is 0 Å². The van der Waals surface area contributed by atoms with Crippen LogP contribution in [0.1, 0.15) is 30.4 Å². The molecular formula is C22H28N2O2. The number of ether oxygens (including phenoxy) is 1. The van der Waals surface area contributed by atoms with Gasteiger partial charge in [0.15, 0.2) is 5.72 Å². The first-order chi connectivity index (χ1) is 12.6. The van der Waals surface area contributed by atoms with Gasteiger partial charge in [0.2, 0.25) is 5.91 Å². The summed E-state index contributed by atoms with van der Waals surface area (Å²) in [4.78, 5) is 17.4. The van der Waals surface area contributed by atoms with Crippen molar-refractivity contribution < 1.29 is 9.53 Å². The Labute approximate surface area is 156 Å². The van der Waals surface area contributed by atoms with Gasteiger partial charge in [-0.2, -0.15) is 0 Å². The molecule has 0 bridgehead atoms. The summed E-state index contributed by atoms with van der Waals surface area (Å²) in [6, 6.07) is 20.3. The fourth-order valence-corrected chi connectivity index (χ4v) is 3.76. The summed E-state index contributed by atoms with van der Waals surface area (Å²) >= 11 is 0. The lowest BCUT2D eigenvalue weighted by molar-refractivity contribution is -0.195. The molecule has 2 aromatic rings. The lowest BCUT2D eigenvalue weighted by Gasteiger charge is -2.47. The molecule has 0 aliphatic carbocycles. The Morgan fingerprint density at radius 2 is 1.73 bits per heavy atom. The van der Waals surface area contributed by atoms with Crippen LogP contribution >= 0.6 is 0 Å². The molecule has 1 aliphatic rings. The van der Waals surface area contributed by atoms with E-state index in [4.69, 9.17) is 4.74 Å². The SMILES string of the molecule is CCC(C(=O)N1CCOC(c2ccccc2)(N(C)C)C1)c1ccccc1. The Morgan fingerprint density at radius 1 is 1.12 bits per heavy atom. The van der Waals surface area contributed by atoms with Crippen molar-refractivity contribution in [3.63, 3.8) is 0 Å². The highest BCUT2D eigenvalue weighted by atomic mass is 16.5. The highest BCUT2D eigenvalue weighted by Gasteiger charge is 2.43. The number of likely N-dealkylation sites (N-methyl/N-ethyl adjacent to an activating group) is 1.